The lowest BCUT2D eigenvalue weighted by molar-refractivity contribution is -0.139. The molecule has 3 rings (SSSR count). The number of benzene rings is 2. The van der Waals surface area contributed by atoms with Crippen LogP contribution in [0.25, 0.3) is 0 Å². The van der Waals surface area contributed by atoms with E-state index >= 15 is 0 Å². The third-order valence-corrected chi connectivity index (χ3v) is 4.01. The summed E-state index contributed by atoms with van der Waals surface area (Å²) in [5.74, 6) is -0.472. The fourth-order valence-electron chi connectivity index (χ4n) is 2.71. The molecule has 0 aliphatic carbocycles. The van der Waals surface area contributed by atoms with Crippen molar-refractivity contribution in [1.82, 2.24) is 5.01 Å². The first-order valence-corrected chi connectivity index (χ1v) is 8.25. The maximum Gasteiger partial charge on any atom is 0.341 e. The lowest BCUT2D eigenvalue weighted by Crippen LogP contribution is -2.44. The molecule has 6 nitrogen and oxygen atoms in total. The van der Waals surface area contributed by atoms with Crippen LogP contribution in [-0.2, 0) is 4.79 Å². The van der Waals surface area contributed by atoms with Crippen molar-refractivity contribution in [2.75, 3.05) is 37.7 Å². The summed E-state index contributed by atoms with van der Waals surface area (Å²) in [4.78, 5) is 13.0. The molecule has 0 unspecified atom stereocenters. The Hall–Kier alpha value is -3.02. The summed E-state index contributed by atoms with van der Waals surface area (Å²) in [6.07, 6.45) is 1.73. The molecule has 0 spiro atoms. The molecule has 0 saturated carbocycles. The number of hydrogen-bond donors (Lipinski definition) is 1. The van der Waals surface area contributed by atoms with E-state index in [-0.39, 0.29) is 6.61 Å². The highest BCUT2D eigenvalue weighted by Crippen LogP contribution is 2.17. The topological polar surface area (TPSA) is 65.4 Å². The average Bonchev–Trinajstić information content (AvgIpc) is 2.66. The SMILES string of the molecule is O=C(O)COc1ccccc1/C=N\N1CCN(c2ccccc2)CC1. The van der Waals surface area contributed by atoms with Crippen molar-refractivity contribution in [3.63, 3.8) is 0 Å². The van der Waals surface area contributed by atoms with Gasteiger partial charge in [0, 0.05) is 24.3 Å². The van der Waals surface area contributed by atoms with E-state index < -0.39 is 5.97 Å². The predicted molar refractivity (Wildman–Crippen MR) is 97.4 cm³/mol. The number of carbonyl (C=O) groups is 1. The minimum absolute atomic E-state index is 0.361. The second-order valence-corrected chi connectivity index (χ2v) is 5.74. The van der Waals surface area contributed by atoms with Gasteiger partial charge in [0.25, 0.3) is 0 Å². The van der Waals surface area contributed by atoms with E-state index in [1.54, 1.807) is 12.3 Å². The van der Waals surface area contributed by atoms with E-state index in [2.05, 4.69) is 22.1 Å². The van der Waals surface area contributed by atoms with Crippen LogP contribution >= 0.6 is 0 Å². The van der Waals surface area contributed by atoms with Crippen LogP contribution in [-0.4, -0.2) is 55.1 Å². The number of anilines is 1. The molecule has 0 amide bonds. The zero-order chi connectivity index (χ0) is 17.5. The Balaban J connectivity index is 1.58. The van der Waals surface area contributed by atoms with E-state index in [1.165, 1.54) is 5.69 Å². The van der Waals surface area contributed by atoms with Crippen LogP contribution in [0.4, 0.5) is 5.69 Å². The number of ether oxygens (including phenoxy) is 1. The highest BCUT2D eigenvalue weighted by atomic mass is 16.5. The van der Waals surface area contributed by atoms with Gasteiger partial charge in [-0.1, -0.05) is 30.3 Å². The first kappa shape index (κ1) is 16.8. The van der Waals surface area contributed by atoms with Gasteiger partial charge in [-0.05, 0) is 24.3 Å². The Morgan fingerprint density at radius 3 is 2.44 bits per heavy atom. The highest BCUT2D eigenvalue weighted by molar-refractivity contribution is 5.83. The van der Waals surface area contributed by atoms with Gasteiger partial charge in [0.1, 0.15) is 5.75 Å². The number of carboxylic acids is 1. The normalized spacial score (nSPS) is 14.7. The van der Waals surface area contributed by atoms with Crippen LogP contribution in [0.15, 0.2) is 59.7 Å². The van der Waals surface area contributed by atoms with Crippen LogP contribution in [0, 0.1) is 0 Å². The number of hydrazone groups is 1. The second-order valence-electron chi connectivity index (χ2n) is 5.74. The fraction of sp³-hybridized carbons (Fsp3) is 0.263. The van der Waals surface area contributed by atoms with Gasteiger partial charge in [0.2, 0.25) is 0 Å². The smallest absolute Gasteiger partial charge is 0.341 e. The van der Waals surface area contributed by atoms with Crippen molar-refractivity contribution in [3.8, 4) is 5.75 Å². The van der Waals surface area contributed by atoms with Crippen LogP contribution in [0.1, 0.15) is 5.56 Å². The highest BCUT2D eigenvalue weighted by Gasteiger charge is 2.15. The van der Waals surface area contributed by atoms with E-state index in [0.29, 0.717) is 5.75 Å². The Bertz CT molecular complexity index is 726. The molecule has 1 saturated heterocycles. The van der Waals surface area contributed by atoms with Crippen molar-refractivity contribution in [2.45, 2.75) is 0 Å². The second kappa shape index (κ2) is 8.19. The van der Waals surface area contributed by atoms with E-state index in [0.717, 1.165) is 31.7 Å². The van der Waals surface area contributed by atoms with Gasteiger partial charge in [0.05, 0.1) is 19.3 Å². The molecule has 1 aliphatic heterocycles. The number of para-hydroxylation sites is 2. The number of hydrogen-bond acceptors (Lipinski definition) is 5. The summed E-state index contributed by atoms with van der Waals surface area (Å²) in [6, 6.07) is 17.7. The van der Waals surface area contributed by atoms with E-state index in [4.69, 9.17) is 9.84 Å². The fourth-order valence-corrected chi connectivity index (χ4v) is 2.71. The van der Waals surface area contributed by atoms with Crippen LogP contribution < -0.4 is 9.64 Å². The van der Waals surface area contributed by atoms with Crippen molar-refractivity contribution >= 4 is 17.9 Å². The molecular formula is C19H21N3O3. The number of carboxylic acid groups (broad SMARTS) is 1. The Morgan fingerprint density at radius 2 is 1.72 bits per heavy atom. The Kier molecular flexibility index (Phi) is 5.51. The molecule has 1 N–H and O–H groups in total. The molecule has 2 aromatic rings. The van der Waals surface area contributed by atoms with Gasteiger partial charge in [-0.3, -0.25) is 5.01 Å². The van der Waals surface area contributed by atoms with Gasteiger partial charge < -0.3 is 14.7 Å². The molecule has 1 heterocycles. The number of rotatable bonds is 6. The Morgan fingerprint density at radius 1 is 1.04 bits per heavy atom. The maximum absolute atomic E-state index is 10.7. The van der Waals surface area contributed by atoms with E-state index in [1.807, 2.05) is 41.4 Å². The van der Waals surface area contributed by atoms with Crippen LogP contribution in [0.3, 0.4) is 0 Å². The van der Waals surface area contributed by atoms with Crippen LogP contribution in [0.5, 0.6) is 5.75 Å². The third kappa shape index (κ3) is 4.73. The molecule has 25 heavy (non-hydrogen) atoms. The average molecular weight is 339 g/mol. The summed E-state index contributed by atoms with van der Waals surface area (Å²) in [7, 11) is 0. The molecular weight excluding hydrogens is 318 g/mol. The lowest BCUT2D eigenvalue weighted by atomic mass is 10.2. The van der Waals surface area contributed by atoms with Gasteiger partial charge in [0.15, 0.2) is 6.61 Å². The van der Waals surface area contributed by atoms with E-state index in [9.17, 15) is 4.79 Å². The van der Waals surface area contributed by atoms with Gasteiger partial charge >= 0.3 is 5.97 Å². The zero-order valence-electron chi connectivity index (χ0n) is 13.9. The molecule has 1 aliphatic rings. The quantitative estimate of drug-likeness (QED) is 0.818. The maximum atomic E-state index is 10.7. The summed E-state index contributed by atoms with van der Waals surface area (Å²) < 4.78 is 5.30. The molecule has 0 aromatic heterocycles. The minimum Gasteiger partial charge on any atom is -0.481 e. The van der Waals surface area contributed by atoms with Gasteiger partial charge in [-0.25, -0.2) is 4.79 Å². The van der Waals surface area contributed by atoms with Crippen molar-refractivity contribution in [1.29, 1.82) is 0 Å². The largest absolute Gasteiger partial charge is 0.481 e. The molecule has 0 radical (unpaired) electrons. The van der Waals surface area contributed by atoms with Crippen LogP contribution in [0.2, 0.25) is 0 Å². The summed E-state index contributed by atoms with van der Waals surface area (Å²) in [6.45, 7) is 3.14. The molecule has 6 heteroatoms. The molecule has 0 bridgehead atoms. The number of aliphatic carboxylic acids is 1. The Labute approximate surface area is 146 Å². The predicted octanol–water partition coefficient (Wildman–Crippen LogP) is 2.31. The zero-order valence-corrected chi connectivity index (χ0v) is 13.9. The van der Waals surface area contributed by atoms with Crippen molar-refractivity contribution < 1.29 is 14.6 Å². The number of nitrogens with zero attached hydrogens (tertiary/aromatic N) is 3. The summed E-state index contributed by atoms with van der Waals surface area (Å²) in [5, 5.41) is 15.3. The number of piperazine rings is 1. The summed E-state index contributed by atoms with van der Waals surface area (Å²) in [5.41, 5.74) is 2.01. The van der Waals surface area contributed by atoms with Gasteiger partial charge in [-0.15, -0.1) is 0 Å². The third-order valence-electron chi connectivity index (χ3n) is 4.01. The molecule has 130 valence electrons. The molecule has 2 aromatic carbocycles. The van der Waals surface area contributed by atoms with Crippen molar-refractivity contribution in [2.24, 2.45) is 5.10 Å². The molecule has 1 fully saturated rings. The first-order valence-electron chi connectivity index (χ1n) is 8.25. The van der Waals surface area contributed by atoms with Gasteiger partial charge in [-0.2, -0.15) is 5.10 Å². The minimum atomic E-state index is -0.997. The van der Waals surface area contributed by atoms with Crippen molar-refractivity contribution in [3.05, 3.63) is 60.2 Å². The lowest BCUT2D eigenvalue weighted by Gasteiger charge is -2.34. The standard InChI is InChI=1S/C19H21N3O3/c23-19(24)15-25-18-9-5-4-6-16(18)14-20-22-12-10-21(11-13-22)17-7-2-1-3-8-17/h1-9,14H,10-13,15H2,(H,23,24)/b20-14-. The molecule has 0 atom stereocenters. The monoisotopic (exact) mass is 339 g/mol. The summed E-state index contributed by atoms with van der Waals surface area (Å²) >= 11 is 0. The first-order chi connectivity index (χ1) is 12.2.